The van der Waals surface area contributed by atoms with Crippen LogP contribution in [-0.2, 0) is 14.2 Å². The number of nitrogens with zero attached hydrogens (tertiary/aromatic N) is 7. The summed E-state index contributed by atoms with van der Waals surface area (Å²) in [7, 11) is 0. The van der Waals surface area contributed by atoms with Crippen molar-refractivity contribution in [3.63, 3.8) is 0 Å². The molecular formula is C26H33N7O3. The average Bonchev–Trinajstić information content (AvgIpc) is 2.93. The predicted octanol–water partition coefficient (Wildman–Crippen LogP) is 2.37. The van der Waals surface area contributed by atoms with Gasteiger partial charge in [-0.1, -0.05) is 0 Å². The first-order valence-electron chi connectivity index (χ1n) is 12.8. The number of pyridine rings is 2. The summed E-state index contributed by atoms with van der Waals surface area (Å²) < 4.78 is 16.8. The fraction of sp³-hybridized carbons (Fsp3) is 0.538. The quantitative estimate of drug-likeness (QED) is 0.542. The van der Waals surface area contributed by atoms with Gasteiger partial charge in [0.05, 0.1) is 62.8 Å². The molecule has 3 aromatic heterocycles. The Labute approximate surface area is 211 Å². The Balaban J connectivity index is 1.39. The number of aromatic nitrogens is 4. The van der Waals surface area contributed by atoms with Gasteiger partial charge in [0.2, 0.25) is 5.95 Å². The van der Waals surface area contributed by atoms with Crippen molar-refractivity contribution in [1.29, 1.82) is 0 Å². The monoisotopic (exact) mass is 491 g/mol. The molecule has 3 aliphatic rings. The van der Waals surface area contributed by atoms with E-state index in [1.807, 2.05) is 12.3 Å². The normalized spacial score (nSPS) is 23.3. The lowest BCUT2D eigenvalue weighted by molar-refractivity contribution is 0.0973. The highest BCUT2D eigenvalue weighted by Crippen LogP contribution is 2.31. The van der Waals surface area contributed by atoms with Gasteiger partial charge in [-0.2, -0.15) is 9.97 Å². The Morgan fingerprint density at radius 1 is 0.750 bits per heavy atom. The smallest absolute Gasteiger partial charge is 0.229 e. The molecular weight excluding hydrogens is 458 g/mol. The van der Waals surface area contributed by atoms with E-state index in [4.69, 9.17) is 34.1 Å². The fourth-order valence-electron chi connectivity index (χ4n) is 5.07. The highest BCUT2D eigenvalue weighted by Gasteiger charge is 2.27. The molecule has 0 aliphatic carbocycles. The van der Waals surface area contributed by atoms with E-state index in [1.165, 1.54) is 0 Å². The average molecular weight is 492 g/mol. The molecule has 6 heterocycles. The van der Waals surface area contributed by atoms with Gasteiger partial charge in [-0.05, 0) is 38.1 Å². The Kier molecular flexibility index (Phi) is 6.56. The van der Waals surface area contributed by atoms with Crippen LogP contribution in [0.5, 0.6) is 0 Å². The molecule has 3 saturated heterocycles. The number of hydrogen-bond donors (Lipinski definition) is 0. The Bertz CT molecular complexity index is 1200. The molecule has 0 radical (unpaired) electrons. The zero-order valence-electron chi connectivity index (χ0n) is 21.0. The van der Waals surface area contributed by atoms with E-state index < -0.39 is 0 Å². The molecule has 0 bridgehead atoms. The predicted molar refractivity (Wildman–Crippen MR) is 139 cm³/mol. The minimum Gasteiger partial charge on any atom is -0.378 e. The van der Waals surface area contributed by atoms with E-state index >= 15 is 0 Å². The first-order valence-corrected chi connectivity index (χ1v) is 12.8. The molecule has 0 N–H and O–H groups in total. The molecule has 0 amide bonds. The third-order valence-corrected chi connectivity index (χ3v) is 7.17. The third-order valence-electron chi connectivity index (χ3n) is 7.17. The van der Waals surface area contributed by atoms with Crippen molar-refractivity contribution in [1.82, 2.24) is 19.9 Å². The van der Waals surface area contributed by atoms with Gasteiger partial charge in [0.25, 0.3) is 0 Å². The lowest BCUT2D eigenvalue weighted by atomic mass is 10.1. The van der Waals surface area contributed by atoms with Gasteiger partial charge in [-0.15, -0.1) is 0 Å². The number of ether oxygens (including phenoxy) is 3. The molecule has 6 rings (SSSR count). The minimum absolute atomic E-state index is 0.200. The molecule has 3 aromatic rings. The first-order chi connectivity index (χ1) is 17.7. The van der Waals surface area contributed by atoms with Crippen LogP contribution < -0.4 is 14.7 Å². The van der Waals surface area contributed by atoms with Gasteiger partial charge in [-0.25, -0.2) is 9.97 Å². The van der Waals surface area contributed by atoms with Crippen molar-refractivity contribution in [2.45, 2.75) is 25.9 Å². The molecule has 2 atom stereocenters. The summed E-state index contributed by atoms with van der Waals surface area (Å²) in [5, 5.41) is 0.954. The lowest BCUT2D eigenvalue weighted by Crippen LogP contribution is -2.46. The van der Waals surface area contributed by atoms with Crippen molar-refractivity contribution in [2.75, 3.05) is 80.5 Å². The van der Waals surface area contributed by atoms with E-state index in [9.17, 15) is 0 Å². The number of anilines is 3. The molecule has 0 spiro atoms. The molecule has 10 nitrogen and oxygen atoms in total. The van der Waals surface area contributed by atoms with Crippen LogP contribution >= 0.6 is 0 Å². The van der Waals surface area contributed by atoms with Crippen molar-refractivity contribution in [3.05, 3.63) is 30.5 Å². The standard InChI is InChI=1S/C26H33N7O3/c1-18-16-35-13-9-32(18)25-21-4-5-22(20-3-6-23(27-15-20)31-7-11-34-12-8-31)28-24(21)29-26(30-25)33-10-14-36-17-19(33)2/h3-6,15,18-19H,7-14,16-17H2,1-2H3/t18-,19-/m0/s1. The zero-order valence-corrected chi connectivity index (χ0v) is 21.0. The van der Waals surface area contributed by atoms with Crippen molar-refractivity contribution < 1.29 is 14.2 Å². The first kappa shape index (κ1) is 23.3. The third kappa shape index (κ3) is 4.56. The number of hydrogen-bond acceptors (Lipinski definition) is 10. The van der Waals surface area contributed by atoms with E-state index in [0.29, 0.717) is 38.0 Å². The van der Waals surface area contributed by atoms with Gasteiger partial charge in [-0.3, -0.25) is 0 Å². The Hall–Kier alpha value is -3.08. The van der Waals surface area contributed by atoms with Crippen LogP contribution in [0, 0.1) is 0 Å². The molecule has 0 aromatic carbocycles. The maximum absolute atomic E-state index is 5.69. The summed E-state index contributed by atoms with van der Waals surface area (Å²) in [6.07, 6.45) is 1.90. The van der Waals surface area contributed by atoms with Gasteiger partial charge in [0.1, 0.15) is 11.6 Å². The summed E-state index contributed by atoms with van der Waals surface area (Å²) in [4.78, 5) is 26.6. The van der Waals surface area contributed by atoms with E-state index in [2.05, 4.69) is 46.7 Å². The molecule has 190 valence electrons. The molecule has 36 heavy (non-hydrogen) atoms. The van der Waals surface area contributed by atoms with Crippen LogP contribution in [0.25, 0.3) is 22.3 Å². The van der Waals surface area contributed by atoms with Crippen molar-refractivity contribution in [2.24, 2.45) is 0 Å². The topological polar surface area (TPSA) is 89.0 Å². The van der Waals surface area contributed by atoms with E-state index in [-0.39, 0.29) is 12.1 Å². The highest BCUT2D eigenvalue weighted by atomic mass is 16.5. The Morgan fingerprint density at radius 2 is 1.47 bits per heavy atom. The van der Waals surface area contributed by atoms with Gasteiger partial charge >= 0.3 is 0 Å². The summed E-state index contributed by atoms with van der Waals surface area (Å²) in [5.41, 5.74) is 2.52. The Morgan fingerprint density at radius 3 is 2.17 bits per heavy atom. The number of morpholine rings is 3. The van der Waals surface area contributed by atoms with Crippen LogP contribution in [0.1, 0.15) is 13.8 Å². The van der Waals surface area contributed by atoms with Crippen LogP contribution in [0.15, 0.2) is 30.5 Å². The van der Waals surface area contributed by atoms with Gasteiger partial charge in [0.15, 0.2) is 5.65 Å². The maximum Gasteiger partial charge on any atom is 0.229 e. The van der Waals surface area contributed by atoms with E-state index in [0.717, 1.165) is 67.7 Å². The maximum atomic E-state index is 5.69. The molecule has 10 heteroatoms. The van der Waals surface area contributed by atoms with E-state index in [1.54, 1.807) is 0 Å². The largest absolute Gasteiger partial charge is 0.378 e. The van der Waals surface area contributed by atoms with Crippen LogP contribution in [0.4, 0.5) is 17.6 Å². The summed E-state index contributed by atoms with van der Waals surface area (Å²) in [5.74, 6) is 2.60. The van der Waals surface area contributed by atoms with Crippen LogP contribution in [-0.4, -0.2) is 97.8 Å². The minimum atomic E-state index is 0.200. The second kappa shape index (κ2) is 10.1. The molecule has 0 saturated carbocycles. The second-order valence-electron chi connectivity index (χ2n) is 9.65. The van der Waals surface area contributed by atoms with Crippen molar-refractivity contribution >= 4 is 28.6 Å². The van der Waals surface area contributed by atoms with Gasteiger partial charge < -0.3 is 28.9 Å². The summed E-state index contributed by atoms with van der Waals surface area (Å²) in [6, 6.07) is 8.71. The van der Waals surface area contributed by atoms with Gasteiger partial charge in [0, 0.05) is 37.9 Å². The molecule has 0 unspecified atom stereocenters. The van der Waals surface area contributed by atoms with Crippen LogP contribution in [0.3, 0.4) is 0 Å². The zero-order chi connectivity index (χ0) is 24.5. The number of rotatable bonds is 4. The fourth-order valence-corrected chi connectivity index (χ4v) is 5.07. The number of fused-ring (bicyclic) bond motifs is 1. The second-order valence-corrected chi connectivity index (χ2v) is 9.65. The SMILES string of the molecule is C[C@H]1COCCN1c1nc(N2CCOC[C@@H]2C)c2ccc(-c3ccc(N4CCOCC4)nc3)nc2n1. The highest BCUT2D eigenvalue weighted by molar-refractivity contribution is 5.90. The lowest BCUT2D eigenvalue weighted by Gasteiger charge is -2.37. The molecule has 3 aliphatic heterocycles. The van der Waals surface area contributed by atoms with Crippen LogP contribution in [0.2, 0.25) is 0 Å². The summed E-state index contributed by atoms with van der Waals surface area (Å²) in [6.45, 7) is 11.8. The summed E-state index contributed by atoms with van der Waals surface area (Å²) >= 11 is 0. The molecule has 3 fully saturated rings. The van der Waals surface area contributed by atoms with Crippen molar-refractivity contribution in [3.8, 4) is 11.3 Å².